The van der Waals surface area contributed by atoms with Gasteiger partial charge in [-0.05, 0) is 41.0 Å². The monoisotopic (exact) mass is 348 g/mol. The molecule has 6 nitrogen and oxygen atoms in total. The van der Waals surface area contributed by atoms with Crippen LogP contribution >= 0.6 is 0 Å². The summed E-state index contributed by atoms with van der Waals surface area (Å²) in [7, 11) is 0. The lowest BCUT2D eigenvalue weighted by molar-refractivity contribution is -0.273. The highest BCUT2D eigenvalue weighted by atomic mass is 16.7. The zero-order valence-corrected chi connectivity index (χ0v) is 16.0. The van der Waals surface area contributed by atoms with E-state index in [9.17, 15) is 15.0 Å². The third-order valence-corrected chi connectivity index (χ3v) is 3.67. The Hall–Kier alpha value is -0.690. The first-order valence-corrected chi connectivity index (χ1v) is 8.89. The molecule has 0 aromatic rings. The van der Waals surface area contributed by atoms with Crippen molar-refractivity contribution in [1.82, 2.24) is 0 Å². The first-order valence-electron chi connectivity index (χ1n) is 8.89. The Labute approximate surface area is 146 Å². The molecule has 24 heavy (non-hydrogen) atoms. The Morgan fingerprint density at radius 2 is 1.88 bits per heavy atom. The number of ether oxygens (including phenoxy) is 3. The molecule has 1 aliphatic rings. The minimum absolute atomic E-state index is 0.0867. The minimum Gasteiger partial charge on any atom is -0.462 e. The number of carbonyl (C=O) groups excluding carboxylic acids is 1. The van der Waals surface area contributed by atoms with Crippen LogP contribution in [-0.4, -0.2) is 53.0 Å². The van der Waals surface area contributed by atoms with Gasteiger partial charge in [0, 0.05) is 6.42 Å². The fraction of sp³-hybridized carbons (Fsp3) is 0.944. The second kappa shape index (κ2) is 11.8. The first-order chi connectivity index (χ1) is 11.1. The lowest BCUT2D eigenvalue weighted by Gasteiger charge is -2.36. The molecule has 0 radical (unpaired) electrons. The molecule has 1 saturated heterocycles. The van der Waals surface area contributed by atoms with Crippen molar-refractivity contribution in [3.63, 3.8) is 0 Å². The summed E-state index contributed by atoms with van der Waals surface area (Å²) in [6.07, 6.45) is 2.74. The van der Waals surface area contributed by atoms with Crippen molar-refractivity contribution in [2.24, 2.45) is 0 Å². The quantitative estimate of drug-likeness (QED) is 0.543. The number of aliphatic hydroxyl groups is 2. The van der Waals surface area contributed by atoms with Gasteiger partial charge in [0.25, 0.3) is 6.47 Å². The normalized spacial score (nSPS) is 28.5. The third kappa shape index (κ3) is 11.0. The summed E-state index contributed by atoms with van der Waals surface area (Å²) < 4.78 is 15.7. The number of unbranched alkanes of at least 4 members (excludes halogenated alkanes) is 2. The Morgan fingerprint density at radius 1 is 1.25 bits per heavy atom. The van der Waals surface area contributed by atoms with Crippen molar-refractivity contribution >= 4 is 6.47 Å². The van der Waals surface area contributed by atoms with E-state index in [-0.39, 0.29) is 17.8 Å². The van der Waals surface area contributed by atoms with Gasteiger partial charge in [0.1, 0.15) is 11.7 Å². The molecule has 1 heterocycles. The SMILES string of the molecule is CC(C)(C)OC=O.CCCCC[C@@H](C)OC1O[C@@H](C)C(O)C[C@H]1O. The summed E-state index contributed by atoms with van der Waals surface area (Å²) in [5.74, 6) is 0. The molecule has 0 spiro atoms. The fourth-order valence-corrected chi connectivity index (χ4v) is 2.19. The molecule has 0 amide bonds. The van der Waals surface area contributed by atoms with Gasteiger partial charge in [0.15, 0.2) is 6.29 Å². The van der Waals surface area contributed by atoms with E-state index in [0.717, 1.165) is 12.8 Å². The first kappa shape index (κ1) is 23.3. The molecule has 2 N–H and O–H groups in total. The van der Waals surface area contributed by atoms with Crippen molar-refractivity contribution in [3.05, 3.63) is 0 Å². The summed E-state index contributed by atoms with van der Waals surface area (Å²) in [6.45, 7) is 11.9. The van der Waals surface area contributed by atoms with Crippen LogP contribution in [0.25, 0.3) is 0 Å². The van der Waals surface area contributed by atoms with Crippen molar-refractivity contribution in [2.75, 3.05) is 0 Å². The average molecular weight is 348 g/mol. The predicted octanol–water partition coefficient (Wildman–Crippen LogP) is 2.79. The lowest BCUT2D eigenvalue weighted by atomic mass is 10.0. The molecule has 0 aromatic heterocycles. The van der Waals surface area contributed by atoms with Crippen LogP contribution in [0.4, 0.5) is 0 Å². The maximum atomic E-state index is 9.77. The summed E-state index contributed by atoms with van der Waals surface area (Å²) in [5.41, 5.74) is -0.318. The zero-order valence-electron chi connectivity index (χ0n) is 16.0. The zero-order chi connectivity index (χ0) is 18.8. The second-order valence-corrected chi connectivity index (χ2v) is 7.35. The average Bonchev–Trinajstić information content (AvgIpc) is 2.44. The van der Waals surface area contributed by atoms with Crippen LogP contribution in [0.5, 0.6) is 0 Å². The summed E-state index contributed by atoms with van der Waals surface area (Å²) in [6, 6.07) is 0. The van der Waals surface area contributed by atoms with Crippen molar-refractivity contribution in [2.45, 2.75) is 110 Å². The molecule has 144 valence electrons. The van der Waals surface area contributed by atoms with Gasteiger partial charge in [0.2, 0.25) is 0 Å². The molecule has 5 atom stereocenters. The van der Waals surface area contributed by atoms with Gasteiger partial charge < -0.3 is 24.4 Å². The van der Waals surface area contributed by atoms with Crippen LogP contribution in [0.3, 0.4) is 0 Å². The van der Waals surface area contributed by atoms with Crippen LogP contribution in [0.2, 0.25) is 0 Å². The Balaban J connectivity index is 0.000000640. The maximum absolute atomic E-state index is 9.77. The molecule has 1 fully saturated rings. The van der Waals surface area contributed by atoms with Gasteiger partial charge >= 0.3 is 0 Å². The standard InChI is InChI=1S/C13H26O4.C5H10O2/c1-4-5-6-7-9(2)16-13-12(15)8-11(14)10(3)17-13;1-5(2,3)7-4-6/h9-15H,4-8H2,1-3H3;4H,1-3H3/t9-,10+,11?,12-,13?;/m1./s1. The molecule has 0 aliphatic carbocycles. The number of carbonyl (C=O) groups is 1. The Bertz CT molecular complexity index is 328. The van der Waals surface area contributed by atoms with Crippen molar-refractivity contribution < 1.29 is 29.2 Å². The summed E-state index contributed by atoms with van der Waals surface area (Å²) in [5, 5.41) is 19.3. The molecular formula is C18H36O6. The molecule has 6 heteroatoms. The Morgan fingerprint density at radius 3 is 2.33 bits per heavy atom. The summed E-state index contributed by atoms with van der Waals surface area (Å²) >= 11 is 0. The topological polar surface area (TPSA) is 85.2 Å². The van der Waals surface area contributed by atoms with E-state index >= 15 is 0 Å². The molecule has 1 aliphatic heterocycles. The van der Waals surface area contributed by atoms with Gasteiger partial charge in [-0.1, -0.05) is 26.2 Å². The van der Waals surface area contributed by atoms with Crippen LogP contribution in [0.15, 0.2) is 0 Å². The molecule has 0 saturated carbocycles. The number of hydrogen-bond acceptors (Lipinski definition) is 6. The highest BCUT2D eigenvalue weighted by Crippen LogP contribution is 2.23. The van der Waals surface area contributed by atoms with Crippen LogP contribution in [0.1, 0.15) is 73.6 Å². The van der Waals surface area contributed by atoms with Crippen LogP contribution < -0.4 is 0 Å². The highest BCUT2D eigenvalue weighted by molar-refractivity contribution is 5.37. The van der Waals surface area contributed by atoms with Gasteiger partial charge in [-0.3, -0.25) is 4.79 Å². The van der Waals surface area contributed by atoms with Gasteiger partial charge in [-0.25, -0.2) is 0 Å². The largest absolute Gasteiger partial charge is 0.462 e. The molecule has 2 unspecified atom stereocenters. The minimum atomic E-state index is -0.727. The van der Waals surface area contributed by atoms with E-state index in [4.69, 9.17) is 9.47 Å². The number of rotatable bonds is 7. The predicted molar refractivity (Wildman–Crippen MR) is 92.6 cm³/mol. The van der Waals surface area contributed by atoms with Gasteiger partial charge in [-0.15, -0.1) is 0 Å². The van der Waals surface area contributed by atoms with Gasteiger partial charge in [0.05, 0.1) is 18.3 Å². The van der Waals surface area contributed by atoms with E-state index in [1.165, 1.54) is 12.8 Å². The lowest BCUT2D eigenvalue weighted by Crippen LogP contribution is -2.48. The third-order valence-electron chi connectivity index (χ3n) is 3.67. The second-order valence-electron chi connectivity index (χ2n) is 7.35. The smallest absolute Gasteiger partial charge is 0.293 e. The van der Waals surface area contributed by atoms with Crippen LogP contribution in [0, 0.1) is 0 Å². The van der Waals surface area contributed by atoms with E-state index < -0.39 is 18.5 Å². The van der Waals surface area contributed by atoms with Crippen molar-refractivity contribution in [3.8, 4) is 0 Å². The maximum Gasteiger partial charge on any atom is 0.293 e. The van der Waals surface area contributed by atoms with E-state index in [1.807, 2.05) is 27.7 Å². The highest BCUT2D eigenvalue weighted by Gasteiger charge is 2.35. The van der Waals surface area contributed by atoms with Gasteiger partial charge in [-0.2, -0.15) is 0 Å². The number of hydrogen-bond donors (Lipinski definition) is 2. The van der Waals surface area contributed by atoms with E-state index in [2.05, 4.69) is 11.7 Å². The van der Waals surface area contributed by atoms with Crippen LogP contribution in [-0.2, 0) is 19.0 Å². The molecular weight excluding hydrogens is 312 g/mol. The van der Waals surface area contributed by atoms with E-state index in [0.29, 0.717) is 12.9 Å². The van der Waals surface area contributed by atoms with Crippen molar-refractivity contribution in [1.29, 1.82) is 0 Å². The fourth-order valence-electron chi connectivity index (χ4n) is 2.19. The molecule has 1 rings (SSSR count). The number of aliphatic hydroxyl groups excluding tert-OH is 2. The Kier molecular flexibility index (Phi) is 11.5. The molecule has 0 aromatic carbocycles. The summed E-state index contributed by atoms with van der Waals surface area (Å²) in [4.78, 5) is 9.60. The molecule has 0 bridgehead atoms. The van der Waals surface area contributed by atoms with E-state index in [1.54, 1.807) is 6.92 Å².